The summed E-state index contributed by atoms with van der Waals surface area (Å²) in [5.74, 6) is -0.0777. The van der Waals surface area contributed by atoms with Crippen molar-refractivity contribution in [3.05, 3.63) is 34.9 Å². The van der Waals surface area contributed by atoms with Crippen molar-refractivity contribution < 1.29 is 4.79 Å². The second kappa shape index (κ2) is 8.13. The molecule has 0 spiro atoms. The van der Waals surface area contributed by atoms with E-state index in [1.807, 2.05) is 12.1 Å². The van der Waals surface area contributed by atoms with Crippen molar-refractivity contribution in [1.82, 2.24) is 5.32 Å². The monoisotopic (exact) mass is 253 g/mol. The Balaban J connectivity index is 2.24. The van der Waals surface area contributed by atoms with Crippen molar-refractivity contribution in [2.45, 2.75) is 39.0 Å². The van der Waals surface area contributed by atoms with Crippen LogP contribution in [0.2, 0.25) is 5.02 Å². The molecule has 1 aromatic carbocycles. The van der Waals surface area contributed by atoms with Gasteiger partial charge in [-0.2, -0.15) is 0 Å². The van der Waals surface area contributed by atoms with Gasteiger partial charge < -0.3 is 5.32 Å². The van der Waals surface area contributed by atoms with Crippen molar-refractivity contribution in [3.8, 4) is 0 Å². The molecule has 0 aliphatic rings. The van der Waals surface area contributed by atoms with Gasteiger partial charge in [-0.25, -0.2) is 0 Å². The zero-order valence-corrected chi connectivity index (χ0v) is 11.1. The summed E-state index contributed by atoms with van der Waals surface area (Å²) in [6.45, 7) is 2.92. The number of nitrogens with one attached hydrogen (secondary N) is 1. The molecule has 0 aliphatic carbocycles. The average Bonchev–Trinajstić information content (AvgIpc) is 2.34. The number of amides is 1. The number of unbranched alkanes of at least 4 members (excludes halogenated alkanes) is 4. The van der Waals surface area contributed by atoms with Crippen molar-refractivity contribution >= 4 is 17.5 Å². The lowest BCUT2D eigenvalue weighted by molar-refractivity contribution is 0.0953. The summed E-state index contributed by atoms with van der Waals surface area (Å²) in [6.07, 6.45) is 5.98. The van der Waals surface area contributed by atoms with Gasteiger partial charge in [-0.05, 0) is 18.6 Å². The normalized spacial score (nSPS) is 10.2. The minimum absolute atomic E-state index is 0.0777. The molecular formula is C14H20ClNO. The fraction of sp³-hybridized carbons (Fsp3) is 0.500. The lowest BCUT2D eigenvalue weighted by Crippen LogP contribution is -2.24. The molecule has 2 nitrogen and oxygen atoms in total. The molecule has 0 unspecified atom stereocenters. The van der Waals surface area contributed by atoms with Gasteiger partial charge in [-0.3, -0.25) is 4.79 Å². The molecule has 0 aliphatic heterocycles. The Bertz CT molecular complexity index is 352. The molecule has 0 saturated carbocycles. The maximum atomic E-state index is 11.8. The first-order valence-corrected chi connectivity index (χ1v) is 6.66. The predicted octanol–water partition coefficient (Wildman–Crippen LogP) is 4.04. The highest BCUT2D eigenvalue weighted by Gasteiger charge is 2.07. The highest BCUT2D eigenvalue weighted by atomic mass is 35.5. The molecule has 1 amide bonds. The van der Waals surface area contributed by atoms with Crippen LogP contribution in [0.25, 0.3) is 0 Å². The molecule has 0 saturated heterocycles. The van der Waals surface area contributed by atoms with Gasteiger partial charge in [0.05, 0.1) is 10.6 Å². The molecular weight excluding hydrogens is 234 g/mol. The third kappa shape index (κ3) is 5.22. The second-order valence-electron chi connectivity index (χ2n) is 4.15. The Morgan fingerprint density at radius 1 is 1.18 bits per heavy atom. The summed E-state index contributed by atoms with van der Waals surface area (Å²) in [5, 5.41) is 3.40. The zero-order valence-electron chi connectivity index (χ0n) is 10.3. The number of carbonyl (C=O) groups excluding carboxylic acids is 1. The van der Waals surface area contributed by atoms with E-state index in [1.165, 1.54) is 25.7 Å². The highest BCUT2D eigenvalue weighted by Crippen LogP contribution is 2.14. The Hall–Kier alpha value is -1.02. The van der Waals surface area contributed by atoms with Crippen LogP contribution in [0.15, 0.2) is 24.3 Å². The Morgan fingerprint density at radius 2 is 1.88 bits per heavy atom. The number of carbonyl (C=O) groups is 1. The third-order valence-electron chi connectivity index (χ3n) is 2.68. The van der Waals surface area contributed by atoms with Gasteiger partial charge in [-0.1, -0.05) is 56.3 Å². The summed E-state index contributed by atoms with van der Waals surface area (Å²) in [7, 11) is 0. The van der Waals surface area contributed by atoms with Gasteiger partial charge in [0.25, 0.3) is 5.91 Å². The molecule has 0 radical (unpaired) electrons. The molecule has 1 rings (SSSR count). The second-order valence-corrected chi connectivity index (χ2v) is 4.56. The Morgan fingerprint density at radius 3 is 2.59 bits per heavy atom. The van der Waals surface area contributed by atoms with E-state index in [4.69, 9.17) is 11.6 Å². The van der Waals surface area contributed by atoms with Crippen LogP contribution < -0.4 is 5.32 Å². The highest BCUT2D eigenvalue weighted by molar-refractivity contribution is 6.33. The van der Waals surface area contributed by atoms with Crippen LogP contribution in [0.5, 0.6) is 0 Å². The molecule has 17 heavy (non-hydrogen) atoms. The first kappa shape index (κ1) is 14.0. The minimum atomic E-state index is -0.0777. The molecule has 3 heteroatoms. The van der Waals surface area contributed by atoms with Crippen molar-refractivity contribution in [2.24, 2.45) is 0 Å². The molecule has 1 N–H and O–H groups in total. The molecule has 1 aromatic rings. The number of halogens is 1. The smallest absolute Gasteiger partial charge is 0.252 e. The SMILES string of the molecule is CCCCCCCNC(=O)c1ccccc1Cl. The van der Waals surface area contributed by atoms with Crippen LogP contribution in [0.4, 0.5) is 0 Å². The van der Waals surface area contributed by atoms with E-state index in [0.717, 1.165) is 13.0 Å². The average molecular weight is 254 g/mol. The lowest BCUT2D eigenvalue weighted by Gasteiger charge is -2.06. The topological polar surface area (TPSA) is 29.1 Å². The predicted molar refractivity (Wildman–Crippen MR) is 72.5 cm³/mol. The largest absolute Gasteiger partial charge is 0.352 e. The molecule has 0 heterocycles. The summed E-state index contributed by atoms with van der Waals surface area (Å²) in [5.41, 5.74) is 0.558. The number of benzene rings is 1. The van der Waals surface area contributed by atoms with E-state index in [2.05, 4.69) is 12.2 Å². The fourth-order valence-electron chi connectivity index (χ4n) is 1.67. The molecule has 0 fully saturated rings. The van der Waals surface area contributed by atoms with Gasteiger partial charge in [0.15, 0.2) is 0 Å². The number of hydrogen-bond acceptors (Lipinski definition) is 1. The van der Waals surface area contributed by atoms with Crippen molar-refractivity contribution in [3.63, 3.8) is 0 Å². The quantitative estimate of drug-likeness (QED) is 0.730. The van der Waals surface area contributed by atoms with Crippen molar-refractivity contribution in [1.29, 1.82) is 0 Å². The Kier molecular flexibility index (Phi) is 6.71. The Labute approximate surface area is 108 Å². The standard InChI is InChI=1S/C14H20ClNO/c1-2-3-4-5-8-11-16-14(17)12-9-6-7-10-13(12)15/h6-7,9-10H,2-5,8,11H2,1H3,(H,16,17). The van der Waals surface area contributed by atoms with Gasteiger partial charge in [0, 0.05) is 6.54 Å². The van der Waals surface area contributed by atoms with Gasteiger partial charge in [0.2, 0.25) is 0 Å². The van der Waals surface area contributed by atoms with E-state index in [9.17, 15) is 4.79 Å². The fourth-order valence-corrected chi connectivity index (χ4v) is 1.89. The summed E-state index contributed by atoms with van der Waals surface area (Å²) in [6, 6.07) is 7.12. The van der Waals surface area contributed by atoms with Crippen LogP contribution in [-0.2, 0) is 0 Å². The van der Waals surface area contributed by atoms with Gasteiger partial charge >= 0.3 is 0 Å². The van der Waals surface area contributed by atoms with E-state index in [-0.39, 0.29) is 5.91 Å². The van der Waals surface area contributed by atoms with Gasteiger partial charge in [0.1, 0.15) is 0 Å². The van der Waals surface area contributed by atoms with Gasteiger partial charge in [-0.15, -0.1) is 0 Å². The van der Waals surface area contributed by atoms with E-state index >= 15 is 0 Å². The lowest BCUT2D eigenvalue weighted by atomic mass is 10.1. The third-order valence-corrected chi connectivity index (χ3v) is 3.01. The summed E-state index contributed by atoms with van der Waals surface area (Å²) >= 11 is 5.94. The van der Waals surface area contributed by atoms with Crippen LogP contribution in [0.1, 0.15) is 49.4 Å². The maximum absolute atomic E-state index is 11.8. The molecule has 0 atom stereocenters. The number of hydrogen-bond donors (Lipinski definition) is 1. The maximum Gasteiger partial charge on any atom is 0.252 e. The van der Waals surface area contributed by atoms with Crippen molar-refractivity contribution in [2.75, 3.05) is 6.54 Å². The van der Waals surface area contributed by atoms with E-state index in [0.29, 0.717) is 10.6 Å². The first-order valence-electron chi connectivity index (χ1n) is 6.28. The van der Waals surface area contributed by atoms with Crippen LogP contribution in [0.3, 0.4) is 0 Å². The summed E-state index contributed by atoms with van der Waals surface area (Å²) < 4.78 is 0. The molecule has 0 aromatic heterocycles. The minimum Gasteiger partial charge on any atom is -0.352 e. The van der Waals surface area contributed by atoms with Crippen LogP contribution >= 0.6 is 11.6 Å². The van der Waals surface area contributed by atoms with Crippen LogP contribution in [0, 0.1) is 0 Å². The van der Waals surface area contributed by atoms with E-state index < -0.39 is 0 Å². The molecule has 0 bridgehead atoms. The first-order chi connectivity index (χ1) is 8.25. The van der Waals surface area contributed by atoms with E-state index in [1.54, 1.807) is 12.1 Å². The zero-order chi connectivity index (χ0) is 12.5. The summed E-state index contributed by atoms with van der Waals surface area (Å²) in [4.78, 5) is 11.8. The molecule has 94 valence electrons. The van der Waals surface area contributed by atoms with Crippen LogP contribution in [-0.4, -0.2) is 12.5 Å². The number of rotatable bonds is 7.